The first-order chi connectivity index (χ1) is 9.99. The van der Waals surface area contributed by atoms with Crippen molar-refractivity contribution in [2.45, 2.75) is 20.0 Å². The normalized spacial score (nSPS) is 12.1. The minimum absolute atomic E-state index is 0.116. The zero-order valence-electron chi connectivity index (χ0n) is 12.6. The van der Waals surface area contributed by atoms with Crippen LogP contribution in [0.3, 0.4) is 0 Å². The number of aryl methyl sites for hydroxylation is 2. The first-order valence-electron chi connectivity index (χ1n) is 6.65. The summed E-state index contributed by atoms with van der Waals surface area (Å²) in [5, 5.41) is 10.7. The van der Waals surface area contributed by atoms with Gasteiger partial charge in [0.15, 0.2) is 0 Å². The van der Waals surface area contributed by atoms with Crippen LogP contribution in [0.4, 0.5) is 4.39 Å². The third-order valence-corrected chi connectivity index (χ3v) is 3.49. The zero-order valence-corrected chi connectivity index (χ0v) is 12.6. The third kappa shape index (κ3) is 2.85. The predicted molar refractivity (Wildman–Crippen MR) is 79.5 cm³/mol. The minimum atomic E-state index is -1.16. The molecule has 112 valence electrons. The van der Waals surface area contributed by atoms with Crippen LogP contribution < -0.4 is 9.47 Å². The molecule has 1 atom stereocenters. The molecule has 2 rings (SSSR count). The number of ether oxygens (including phenoxy) is 2. The molecular formula is C17H19FO3. The van der Waals surface area contributed by atoms with Crippen molar-refractivity contribution in [3.05, 3.63) is 58.4 Å². The molecule has 0 saturated heterocycles. The van der Waals surface area contributed by atoms with E-state index in [2.05, 4.69) is 0 Å². The van der Waals surface area contributed by atoms with E-state index in [0.29, 0.717) is 17.1 Å². The number of hydrogen-bond donors (Lipinski definition) is 1. The van der Waals surface area contributed by atoms with Crippen molar-refractivity contribution >= 4 is 0 Å². The Morgan fingerprint density at radius 1 is 1.00 bits per heavy atom. The summed E-state index contributed by atoms with van der Waals surface area (Å²) in [5.74, 6) is 0.332. The van der Waals surface area contributed by atoms with Gasteiger partial charge in [0.25, 0.3) is 0 Å². The van der Waals surface area contributed by atoms with Crippen molar-refractivity contribution < 1.29 is 19.0 Å². The lowest BCUT2D eigenvalue weighted by Gasteiger charge is -2.20. The van der Waals surface area contributed by atoms with Crippen LogP contribution in [0.25, 0.3) is 0 Å². The van der Waals surface area contributed by atoms with Crippen molar-refractivity contribution in [3.8, 4) is 11.5 Å². The maximum atomic E-state index is 14.1. The molecule has 4 heteroatoms. The van der Waals surface area contributed by atoms with Crippen LogP contribution in [0.15, 0.2) is 30.3 Å². The summed E-state index contributed by atoms with van der Waals surface area (Å²) in [5.41, 5.74) is 2.52. The molecule has 1 unspecified atom stereocenters. The SMILES string of the molecule is COc1cc(C)cc(C)c1C(O)c1c(F)cccc1OC. The average Bonchev–Trinajstić information content (AvgIpc) is 2.45. The molecule has 0 aliphatic heterocycles. The quantitative estimate of drug-likeness (QED) is 0.936. The van der Waals surface area contributed by atoms with Crippen molar-refractivity contribution in [1.82, 2.24) is 0 Å². The Hall–Kier alpha value is -2.07. The second-order valence-corrected chi connectivity index (χ2v) is 4.96. The molecule has 0 saturated carbocycles. The molecule has 0 amide bonds. The van der Waals surface area contributed by atoms with Gasteiger partial charge < -0.3 is 14.6 Å². The largest absolute Gasteiger partial charge is 0.496 e. The molecule has 3 nitrogen and oxygen atoms in total. The molecule has 0 aliphatic carbocycles. The molecular weight excluding hydrogens is 271 g/mol. The monoisotopic (exact) mass is 290 g/mol. The summed E-state index contributed by atoms with van der Waals surface area (Å²) in [6, 6.07) is 8.21. The van der Waals surface area contributed by atoms with E-state index in [-0.39, 0.29) is 5.56 Å². The molecule has 21 heavy (non-hydrogen) atoms. The standard InChI is InChI=1S/C17H19FO3/c1-10-8-11(2)15(14(9-10)21-4)17(19)16-12(18)6-5-7-13(16)20-3/h5-9,17,19H,1-4H3. The van der Waals surface area contributed by atoms with Crippen LogP contribution in [0.5, 0.6) is 11.5 Å². The fourth-order valence-corrected chi connectivity index (χ4v) is 2.56. The van der Waals surface area contributed by atoms with Gasteiger partial charge >= 0.3 is 0 Å². The lowest BCUT2D eigenvalue weighted by Crippen LogP contribution is -2.09. The Bertz CT molecular complexity index is 653. The zero-order chi connectivity index (χ0) is 15.6. The second kappa shape index (κ2) is 6.14. The molecule has 2 aromatic rings. The summed E-state index contributed by atoms with van der Waals surface area (Å²) in [6.07, 6.45) is -1.16. The summed E-state index contributed by atoms with van der Waals surface area (Å²) >= 11 is 0. The molecule has 0 aliphatic rings. The van der Waals surface area contributed by atoms with Crippen LogP contribution in [0.2, 0.25) is 0 Å². The van der Waals surface area contributed by atoms with Gasteiger partial charge in [-0.1, -0.05) is 12.1 Å². The Kier molecular flexibility index (Phi) is 4.48. The smallest absolute Gasteiger partial charge is 0.133 e. The van der Waals surface area contributed by atoms with E-state index in [4.69, 9.17) is 9.47 Å². The summed E-state index contributed by atoms with van der Waals surface area (Å²) in [7, 11) is 2.98. The van der Waals surface area contributed by atoms with Gasteiger partial charge in [-0.3, -0.25) is 0 Å². The lowest BCUT2D eigenvalue weighted by molar-refractivity contribution is 0.203. The number of hydrogen-bond acceptors (Lipinski definition) is 3. The maximum absolute atomic E-state index is 14.1. The van der Waals surface area contributed by atoms with Gasteiger partial charge in [-0.05, 0) is 43.2 Å². The van der Waals surface area contributed by atoms with E-state index in [9.17, 15) is 9.50 Å². The number of benzene rings is 2. The number of aliphatic hydroxyl groups is 1. The van der Waals surface area contributed by atoms with Crippen LogP contribution in [-0.4, -0.2) is 19.3 Å². The summed E-state index contributed by atoms with van der Waals surface area (Å²) in [6.45, 7) is 3.80. The third-order valence-electron chi connectivity index (χ3n) is 3.49. The van der Waals surface area contributed by atoms with E-state index < -0.39 is 11.9 Å². The maximum Gasteiger partial charge on any atom is 0.133 e. The second-order valence-electron chi connectivity index (χ2n) is 4.96. The first-order valence-corrected chi connectivity index (χ1v) is 6.65. The van der Waals surface area contributed by atoms with Crippen molar-refractivity contribution in [1.29, 1.82) is 0 Å². The van der Waals surface area contributed by atoms with Crippen molar-refractivity contribution in [2.24, 2.45) is 0 Å². The molecule has 2 aromatic carbocycles. The van der Waals surface area contributed by atoms with Gasteiger partial charge in [-0.15, -0.1) is 0 Å². The molecule has 0 bridgehead atoms. The summed E-state index contributed by atoms with van der Waals surface area (Å²) in [4.78, 5) is 0. The van der Waals surface area contributed by atoms with Gasteiger partial charge in [0.2, 0.25) is 0 Å². The van der Waals surface area contributed by atoms with E-state index >= 15 is 0 Å². The highest BCUT2D eigenvalue weighted by Gasteiger charge is 2.24. The Morgan fingerprint density at radius 2 is 1.67 bits per heavy atom. The van der Waals surface area contributed by atoms with Crippen LogP contribution in [0, 0.1) is 19.7 Å². The molecule has 1 N–H and O–H groups in total. The van der Waals surface area contributed by atoms with E-state index in [1.165, 1.54) is 20.3 Å². The highest BCUT2D eigenvalue weighted by atomic mass is 19.1. The highest BCUT2D eigenvalue weighted by molar-refractivity contribution is 5.50. The minimum Gasteiger partial charge on any atom is -0.496 e. The fourth-order valence-electron chi connectivity index (χ4n) is 2.56. The summed E-state index contributed by atoms with van der Waals surface area (Å²) < 4.78 is 24.6. The number of methoxy groups -OCH3 is 2. The molecule has 0 heterocycles. The fraction of sp³-hybridized carbons (Fsp3) is 0.294. The number of halogens is 1. The number of aliphatic hydroxyl groups excluding tert-OH is 1. The molecule has 0 radical (unpaired) electrons. The van der Waals surface area contributed by atoms with Crippen LogP contribution >= 0.6 is 0 Å². The number of rotatable bonds is 4. The van der Waals surface area contributed by atoms with Gasteiger partial charge in [0, 0.05) is 5.56 Å². The highest BCUT2D eigenvalue weighted by Crippen LogP contribution is 2.38. The van der Waals surface area contributed by atoms with Gasteiger partial charge in [0.1, 0.15) is 23.4 Å². The molecule has 0 spiro atoms. The van der Waals surface area contributed by atoms with Crippen molar-refractivity contribution in [2.75, 3.05) is 14.2 Å². The lowest BCUT2D eigenvalue weighted by atomic mass is 9.94. The Labute approximate surface area is 124 Å². The van der Waals surface area contributed by atoms with Crippen molar-refractivity contribution in [3.63, 3.8) is 0 Å². The van der Waals surface area contributed by atoms with Gasteiger partial charge in [0.05, 0.1) is 19.8 Å². The topological polar surface area (TPSA) is 38.7 Å². The van der Waals surface area contributed by atoms with E-state index in [0.717, 1.165) is 11.1 Å². The van der Waals surface area contributed by atoms with Gasteiger partial charge in [-0.25, -0.2) is 4.39 Å². The predicted octanol–water partition coefficient (Wildman–Crippen LogP) is 3.54. The molecule has 0 aromatic heterocycles. The Morgan fingerprint density at radius 3 is 2.29 bits per heavy atom. The molecule has 0 fully saturated rings. The first kappa shape index (κ1) is 15.3. The van der Waals surface area contributed by atoms with Crippen LogP contribution in [0.1, 0.15) is 28.4 Å². The van der Waals surface area contributed by atoms with Crippen LogP contribution in [-0.2, 0) is 0 Å². The Balaban J connectivity index is 2.63. The van der Waals surface area contributed by atoms with Gasteiger partial charge in [-0.2, -0.15) is 0 Å². The average molecular weight is 290 g/mol. The van der Waals surface area contributed by atoms with E-state index in [1.54, 1.807) is 12.1 Å². The van der Waals surface area contributed by atoms with E-state index in [1.807, 2.05) is 26.0 Å².